The van der Waals surface area contributed by atoms with Crippen LogP contribution in [0.15, 0.2) is 18.2 Å². The molecule has 0 bridgehead atoms. The lowest BCUT2D eigenvalue weighted by Gasteiger charge is -2.29. The van der Waals surface area contributed by atoms with Crippen LogP contribution in [0.1, 0.15) is 55.6 Å². The Morgan fingerprint density at radius 3 is 2.51 bits per heavy atom. The summed E-state index contributed by atoms with van der Waals surface area (Å²) in [5.41, 5.74) is 0.178. The molecule has 39 heavy (non-hydrogen) atoms. The van der Waals surface area contributed by atoms with Gasteiger partial charge >= 0.3 is 12.8 Å². The maximum absolute atomic E-state index is 13.2. The van der Waals surface area contributed by atoms with Gasteiger partial charge < -0.3 is 14.6 Å². The predicted octanol–water partition coefficient (Wildman–Crippen LogP) is 5.24. The fourth-order valence-corrected chi connectivity index (χ4v) is 5.40. The number of rotatable bonds is 11. The van der Waals surface area contributed by atoms with E-state index in [-0.39, 0.29) is 51.8 Å². The first kappa shape index (κ1) is 31.2. The molecule has 15 heteroatoms. The van der Waals surface area contributed by atoms with Crippen molar-refractivity contribution in [1.29, 1.82) is 0 Å². The average Bonchev–Trinajstić information content (AvgIpc) is 3.18. The number of amides is 1. The quantitative estimate of drug-likeness (QED) is 0.271. The van der Waals surface area contributed by atoms with E-state index in [1.54, 1.807) is 6.92 Å². The van der Waals surface area contributed by atoms with Gasteiger partial charge in [0.25, 0.3) is 5.91 Å². The summed E-state index contributed by atoms with van der Waals surface area (Å²) in [6, 6.07) is 3.67. The van der Waals surface area contributed by atoms with E-state index in [0.29, 0.717) is 32.2 Å². The minimum absolute atomic E-state index is 0.0543. The Hall–Kier alpha value is -2.29. The number of hydrogen-bond donors (Lipinski definition) is 2. The summed E-state index contributed by atoms with van der Waals surface area (Å²) in [5, 5.41) is 6.90. The molecular weight excluding hydrogens is 571 g/mol. The van der Waals surface area contributed by atoms with Crippen molar-refractivity contribution in [3.05, 3.63) is 34.5 Å². The van der Waals surface area contributed by atoms with Crippen molar-refractivity contribution in [2.24, 2.45) is 11.8 Å². The third-order valence-electron chi connectivity index (χ3n) is 6.69. The highest BCUT2D eigenvalue weighted by atomic mass is 35.5. The number of ether oxygens (including phenoxy) is 1. The summed E-state index contributed by atoms with van der Waals surface area (Å²) in [7, 11) is 0. The van der Waals surface area contributed by atoms with Gasteiger partial charge in [-0.2, -0.15) is 27.1 Å². The van der Waals surface area contributed by atoms with E-state index in [9.17, 15) is 35.5 Å². The van der Waals surface area contributed by atoms with Gasteiger partial charge in [0.2, 0.25) is 0 Å². The van der Waals surface area contributed by atoms with Crippen molar-refractivity contribution in [1.82, 2.24) is 19.8 Å². The Balaban J connectivity index is 1.81. The van der Waals surface area contributed by atoms with Crippen LogP contribution in [0.3, 0.4) is 0 Å². The first-order valence-electron chi connectivity index (χ1n) is 12.3. The molecule has 1 aliphatic carbocycles. The Morgan fingerprint density at radius 1 is 1.28 bits per heavy atom. The molecule has 2 N–H and O–H groups in total. The second-order valence-electron chi connectivity index (χ2n) is 9.46. The topological polar surface area (TPSA) is 108 Å². The van der Waals surface area contributed by atoms with Crippen molar-refractivity contribution in [3.63, 3.8) is 0 Å². The Bertz CT molecular complexity index is 1170. The summed E-state index contributed by atoms with van der Waals surface area (Å²) in [5.74, 6) is -2.55. The van der Waals surface area contributed by atoms with Gasteiger partial charge in [0.15, 0.2) is 5.69 Å². The van der Waals surface area contributed by atoms with Crippen molar-refractivity contribution in [2.45, 2.75) is 71.3 Å². The average molecular weight is 600 g/mol. The molecule has 1 aromatic heterocycles. The Kier molecular flexibility index (Phi) is 10.7. The molecule has 1 fully saturated rings. The maximum Gasteiger partial charge on any atom is 0.391 e. The van der Waals surface area contributed by atoms with Crippen LogP contribution in [0, 0.1) is 11.8 Å². The van der Waals surface area contributed by atoms with Crippen LogP contribution in [0.4, 0.5) is 22.0 Å². The van der Waals surface area contributed by atoms with Crippen LogP contribution < -0.4 is 14.8 Å². The van der Waals surface area contributed by atoms with E-state index < -0.39 is 42.3 Å². The molecule has 1 aliphatic rings. The number of carbonyl (C=O) groups excluding carboxylic acids is 1. The van der Waals surface area contributed by atoms with Gasteiger partial charge in [0.1, 0.15) is 5.75 Å². The van der Waals surface area contributed by atoms with Gasteiger partial charge in [-0.05, 0) is 62.6 Å². The first-order valence-corrected chi connectivity index (χ1v) is 13.8. The molecule has 3 rings (SSSR count). The van der Waals surface area contributed by atoms with Gasteiger partial charge in [-0.3, -0.25) is 13.7 Å². The molecule has 1 aromatic carbocycles. The number of nitrogens with zero attached hydrogens (tertiary/aromatic N) is 2. The number of aryl methyl sites for hydroxylation is 1. The second kappa shape index (κ2) is 13.4. The molecular formula is C24H29ClF5N4O4S-. The molecule has 1 amide bonds. The van der Waals surface area contributed by atoms with E-state index >= 15 is 0 Å². The Labute approximate surface area is 230 Å². The van der Waals surface area contributed by atoms with E-state index in [1.165, 1.54) is 16.8 Å². The Morgan fingerprint density at radius 2 is 1.95 bits per heavy atom. The van der Waals surface area contributed by atoms with Gasteiger partial charge in [0.05, 0.1) is 16.6 Å². The van der Waals surface area contributed by atoms with Crippen LogP contribution >= 0.6 is 11.6 Å². The minimum atomic E-state index is -4.46. The third-order valence-corrected chi connectivity index (χ3v) is 7.57. The van der Waals surface area contributed by atoms with Crippen LogP contribution in [0.25, 0.3) is 11.3 Å². The number of hydrogen-bond acceptors (Lipinski definition) is 5. The lowest BCUT2D eigenvalue weighted by molar-refractivity contribution is -0.169. The third kappa shape index (κ3) is 8.35. The summed E-state index contributed by atoms with van der Waals surface area (Å²) < 4.78 is 95.5. The second-order valence-corrected chi connectivity index (χ2v) is 10.5. The molecule has 2 aromatic rings. The molecule has 0 saturated heterocycles. The molecule has 1 unspecified atom stereocenters. The molecule has 0 radical (unpaired) electrons. The fraction of sp³-hybridized carbons (Fsp3) is 0.583. The largest absolute Gasteiger partial charge is 0.760 e. The monoisotopic (exact) mass is 599 g/mol. The lowest BCUT2D eigenvalue weighted by atomic mass is 9.86. The van der Waals surface area contributed by atoms with Crippen LogP contribution in [-0.4, -0.2) is 49.8 Å². The number of halogens is 6. The van der Waals surface area contributed by atoms with Crippen molar-refractivity contribution in [3.8, 4) is 17.0 Å². The standard InChI is InChI=1S/C24H30ClF5N4O4S/c1-3-34-21(17-9-6-15(10-13(2)24(28,29)30)11-18(17)38-23(26)27)19(25)20(32-34)22(35)31-12-14-4-7-16(8-5-14)33-39(36)37/h6,9,11,13-14,16,23,33H,3-5,7-8,10,12H2,1-2H3,(H,31,35)(H,36,37)/p-1/t13-,14?,16?/m0/s1. The maximum atomic E-state index is 13.2. The van der Waals surface area contributed by atoms with Gasteiger partial charge in [-0.15, -0.1) is 0 Å². The van der Waals surface area contributed by atoms with E-state index in [0.717, 1.165) is 13.0 Å². The molecule has 218 valence electrons. The number of carbonyl (C=O) groups is 1. The predicted molar refractivity (Wildman–Crippen MR) is 134 cm³/mol. The zero-order chi connectivity index (χ0) is 28.9. The first-order chi connectivity index (χ1) is 18.3. The van der Waals surface area contributed by atoms with Gasteiger partial charge in [-0.25, -0.2) is 4.72 Å². The van der Waals surface area contributed by atoms with Crippen molar-refractivity contribution in [2.75, 3.05) is 6.54 Å². The molecule has 0 spiro atoms. The number of aromatic nitrogens is 2. The minimum Gasteiger partial charge on any atom is -0.760 e. The summed E-state index contributed by atoms with van der Waals surface area (Å²) >= 11 is 4.18. The van der Waals surface area contributed by atoms with Crippen LogP contribution in [-0.2, 0) is 24.2 Å². The van der Waals surface area contributed by atoms with Gasteiger partial charge in [-0.1, -0.05) is 24.6 Å². The summed E-state index contributed by atoms with van der Waals surface area (Å²) in [4.78, 5) is 12.9. The zero-order valence-corrected chi connectivity index (χ0v) is 22.8. The fourth-order valence-electron chi connectivity index (χ4n) is 4.56. The summed E-state index contributed by atoms with van der Waals surface area (Å²) in [6.07, 6.45) is -2.23. The summed E-state index contributed by atoms with van der Waals surface area (Å²) in [6.45, 7) is -0.0443. The van der Waals surface area contributed by atoms with Gasteiger partial charge in [0, 0.05) is 36.0 Å². The highest BCUT2D eigenvalue weighted by Crippen LogP contribution is 2.39. The van der Waals surface area contributed by atoms with Crippen molar-refractivity contribution < 1.29 is 40.2 Å². The molecule has 1 heterocycles. The normalized spacial score (nSPS) is 19.6. The number of alkyl halides is 5. The van der Waals surface area contributed by atoms with Crippen LogP contribution in [0.5, 0.6) is 5.75 Å². The number of benzene rings is 1. The van der Waals surface area contributed by atoms with Crippen molar-refractivity contribution >= 4 is 28.8 Å². The molecule has 1 saturated carbocycles. The van der Waals surface area contributed by atoms with E-state index in [4.69, 9.17) is 11.6 Å². The zero-order valence-electron chi connectivity index (χ0n) is 21.2. The number of nitrogens with one attached hydrogen (secondary N) is 2. The van der Waals surface area contributed by atoms with Crippen LogP contribution in [0.2, 0.25) is 5.02 Å². The van der Waals surface area contributed by atoms with E-state index in [2.05, 4.69) is 19.9 Å². The smallest absolute Gasteiger partial charge is 0.391 e. The van der Waals surface area contributed by atoms with E-state index in [1.807, 2.05) is 0 Å². The highest BCUT2D eigenvalue weighted by molar-refractivity contribution is 7.77. The SMILES string of the molecule is CCn1nc(C(=O)NCC2CCC(NS(=O)[O-])CC2)c(Cl)c1-c1ccc(C[C@H](C)C(F)(F)F)cc1OC(F)F. The molecule has 8 nitrogen and oxygen atoms in total. The molecule has 2 atom stereocenters. The molecule has 0 aliphatic heterocycles. The lowest BCUT2D eigenvalue weighted by Crippen LogP contribution is -2.37. The highest BCUT2D eigenvalue weighted by Gasteiger charge is 2.36.